The Morgan fingerprint density at radius 2 is 2.20 bits per heavy atom. The highest BCUT2D eigenvalue weighted by Gasteiger charge is 2.26. The van der Waals surface area contributed by atoms with Crippen LogP contribution in [-0.2, 0) is 16.6 Å². The molecule has 7 heteroatoms. The molecule has 1 atom stereocenters. The molecule has 0 amide bonds. The lowest BCUT2D eigenvalue weighted by molar-refractivity contribution is 0.368. The second kappa shape index (κ2) is 7.75. The van der Waals surface area contributed by atoms with E-state index in [2.05, 4.69) is 17.3 Å². The van der Waals surface area contributed by atoms with Crippen molar-refractivity contribution in [1.29, 1.82) is 0 Å². The van der Waals surface area contributed by atoms with Gasteiger partial charge in [0.1, 0.15) is 4.90 Å². The number of aryl methyl sites for hydroxylation is 1. The fraction of sp³-hybridized carbons (Fsp3) is 0.769. The van der Waals surface area contributed by atoms with Gasteiger partial charge in [-0.25, -0.2) is 8.42 Å². The molecule has 0 aromatic carbocycles. The van der Waals surface area contributed by atoms with Crippen molar-refractivity contribution >= 4 is 10.0 Å². The highest BCUT2D eigenvalue weighted by Crippen LogP contribution is 2.17. The third-order valence-electron chi connectivity index (χ3n) is 3.43. The summed E-state index contributed by atoms with van der Waals surface area (Å²) in [4.78, 5) is 0.271. The first-order chi connectivity index (χ1) is 9.43. The van der Waals surface area contributed by atoms with Crippen molar-refractivity contribution in [3.05, 3.63) is 12.4 Å². The maximum absolute atomic E-state index is 12.5. The number of sulfonamides is 1. The van der Waals surface area contributed by atoms with Crippen LogP contribution in [0.1, 0.15) is 33.1 Å². The zero-order valence-corrected chi connectivity index (χ0v) is 13.7. The summed E-state index contributed by atoms with van der Waals surface area (Å²) in [5, 5.41) is 7.18. The average Bonchev–Trinajstić information content (AvgIpc) is 2.88. The number of rotatable bonds is 9. The zero-order chi connectivity index (χ0) is 15.2. The van der Waals surface area contributed by atoms with E-state index in [1.807, 2.05) is 14.0 Å². The molecule has 6 nitrogen and oxygen atoms in total. The van der Waals surface area contributed by atoms with Gasteiger partial charge < -0.3 is 5.32 Å². The quantitative estimate of drug-likeness (QED) is 0.698. The van der Waals surface area contributed by atoms with E-state index in [9.17, 15) is 8.42 Å². The SMILES string of the molecule is CCCC(C)N(C)S(=O)(=O)c1cnn(CCCNC)c1. The Hall–Kier alpha value is -0.920. The molecule has 1 aromatic heterocycles. The summed E-state index contributed by atoms with van der Waals surface area (Å²) in [6.45, 7) is 5.58. The summed E-state index contributed by atoms with van der Waals surface area (Å²) < 4.78 is 28.0. The van der Waals surface area contributed by atoms with Crippen molar-refractivity contribution < 1.29 is 8.42 Å². The van der Waals surface area contributed by atoms with Crippen LogP contribution < -0.4 is 5.32 Å². The van der Waals surface area contributed by atoms with E-state index in [1.165, 1.54) is 10.5 Å². The van der Waals surface area contributed by atoms with Crippen LogP contribution in [-0.4, -0.2) is 49.2 Å². The van der Waals surface area contributed by atoms with Gasteiger partial charge in [0.05, 0.1) is 6.20 Å². The fourth-order valence-corrected chi connectivity index (χ4v) is 3.37. The molecule has 1 unspecified atom stereocenters. The highest BCUT2D eigenvalue weighted by atomic mass is 32.2. The molecule has 0 fully saturated rings. The number of hydrogen-bond donors (Lipinski definition) is 1. The minimum absolute atomic E-state index is 0.00218. The van der Waals surface area contributed by atoms with Gasteiger partial charge in [0, 0.05) is 25.8 Å². The van der Waals surface area contributed by atoms with Gasteiger partial charge in [-0.05, 0) is 33.4 Å². The van der Waals surface area contributed by atoms with Gasteiger partial charge in [-0.15, -0.1) is 0 Å². The van der Waals surface area contributed by atoms with Crippen molar-refractivity contribution in [2.75, 3.05) is 20.6 Å². The number of nitrogens with one attached hydrogen (secondary N) is 1. The van der Waals surface area contributed by atoms with Crippen molar-refractivity contribution in [2.45, 2.75) is 50.6 Å². The van der Waals surface area contributed by atoms with E-state index in [4.69, 9.17) is 0 Å². The number of aromatic nitrogens is 2. The topological polar surface area (TPSA) is 67.2 Å². The van der Waals surface area contributed by atoms with Crippen LogP contribution >= 0.6 is 0 Å². The van der Waals surface area contributed by atoms with Crippen LogP contribution in [0.25, 0.3) is 0 Å². The minimum Gasteiger partial charge on any atom is -0.320 e. The molecule has 0 aliphatic rings. The van der Waals surface area contributed by atoms with Crippen LogP contribution in [0.2, 0.25) is 0 Å². The second-order valence-electron chi connectivity index (χ2n) is 5.06. The molecular formula is C13H26N4O2S. The van der Waals surface area contributed by atoms with Gasteiger partial charge in [0.2, 0.25) is 10.0 Å². The largest absolute Gasteiger partial charge is 0.320 e. The molecule has 0 aliphatic carbocycles. The summed E-state index contributed by atoms with van der Waals surface area (Å²) in [7, 11) is 0.0891. The standard InChI is InChI=1S/C13H26N4O2S/c1-5-7-12(2)16(4)20(18,19)13-10-15-17(11-13)9-6-8-14-3/h10-12,14H,5-9H2,1-4H3. The van der Waals surface area contributed by atoms with Gasteiger partial charge in [0.15, 0.2) is 0 Å². The summed E-state index contributed by atoms with van der Waals surface area (Å²) in [5.74, 6) is 0. The first kappa shape index (κ1) is 17.1. The van der Waals surface area contributed by atoms with E-state index < -0.39 is 10.0 Å². The van der Waals surface area contributed by atoms with E-state index >= 15 is 0 Å². The predicted molar refractivity (Wildman–Crippen MR) is 80.1 cm³/mol. The molecule has 1 rings (SSSR count). The molecule has 0 spiro atoms. The Labute approximate surface area is 122 Å². The van der Waals surface area contributed by atoms with Crippen molar-refractivity contribution in [2.24, 2.45) is 0 Å². The molecule has 1 aromatic rings. The van der Waals surface area contributed by atoms with Crippen LogP contribution in [0, 0.1) is 0 Å². The van der Waals surface area contributed by atoms with Gasteiger partial charge in [-0.2, -0.15) is 9.40 Å². The second-order valence-corrected chi connectivity index (χ2v) is 7.05. The Morgan fingerprint density at radius 3 is 2.80 bits per heavy atom. The molecule has 0 saturated heterocycles. The van der Waals surface area contributed by atoms with Gasteiger partial charge >= 0.3 is 0 Å². The van der Waals surface area contributed by atoms with Crippen LogP contribution in [0.4, 0.5) is 0 Å². The normalized spacial score (nSPS) is 13.8. The fourth-order valence-electron chi connectivity index (χ4n) is 2.02. The first-order valence-corrected chi connectivity index (χ1v) is 8.52. The monoisotopic (exact) mass is 302 g/mol. The number of nitrogens with zero attached hydrogens (tertiary/aromatic N) is 3. The first-order valence-electron chi connectivity index (χ1n) is 7.08. The summed E-state index contributed by atoms with van der Waals surface area (Å²) >= 11 is 0. The lowest BCUT2D eigenvalue weighted by Crippen LogP contribution is -2.34. The number of hydrogen-bond acceptors (Lipinski definition) is 4. The van der Waals surface area contributed by atoms with Gasteiger partial charge in [-0.3, -0.25) is 4.68 Å². The van der Waals surface area contributed by atoms with Crippen molar-refractivity contribution in [3.63, 3.8) is 0 Å². The van der Waals surface area contributed by atoms with E-state index in [0.29, 0.717) is 6.54 Å². The van der Waals surface area contributed by atoms with E-state index in [0.717, 1.165) is 25.8 Å². The van der Waals surface area contributed by atoms with Crippen molar-refractivity contribution in [1.82, 2.24) is 19.4 Å². The average molecular weight is 302 g/mol. The molecule has 116 valence electrons. The molecule has 0 radical (unpaired) electrons. The van der Waals surface area contributed by atoms with Crippen LogP contribution in [0.5, 0.6) is 0 Å². The summed E-state index contributed by atoms with van der Waals surface area (Å²) in [5.41, 5.74) is 0. The molecular weight excluding hydrogens is 276 g/mol. The third kappa shape index (κ3) is 4.29. The maximum Gasteiger partial charge on any atom is 0.246 e. The molecule has 1 N–H and O–H groups in total. The van der Waals surface area contributed by atoms with E-state index in [-0.39, 0.29) is 10.9 Å². The molecule has 1 heterocycles. The smallest absolute Gasteiger partial charge is 0.246 e. The lowest BCUT2D eigenvalue weighted by atomic mass is 10.2. The lowest BCUT2D eigenvalue weighted by Gasteiger charge is -2.23. The van der Waals surface area contributed by atoms with Crippen molar-refractivity contribution in [3.8, 4) is 0 Å². The molecule has 0 bridgehead atoms. The Morgan fingerprint density at radius 1 is 1.50 bits per heavy atom. The van der Waals surface area contributed by atoms with E-state index in [1.54, 1.807) is 17.9 Å². The molecule has 0 aliphatic heterocycles. The van der Waals surface area contributed by atoms with Gasteiger partial charge in [-0.1, -0.05) is 13.3 Å². The Bertz CT molecular complexity index is 498. The molecule has 0 saturated carbocycles. The highest BCUT2D eigenvalue weighted by molar-refractivity contribution is 7.89. The van der Waals surface area contributed by atoms with Crippen LogP contribution in [0.15, 0.2) is 17.3 Å². The predicted octanol–water partition coefficient (Wildman–Crippen LogP) is 1.30. The third-order valence-corrected chi connectivity index (χ3v) is 5.35. The molecule has 20 heavy (non-hydrogen) atoms. The Kier molecular flexibility index (Phi) is 6.64. The maximum atomic E-state index is 12.5. The van der Waals surface area contributed by atoms with Gasteiger partial charge in [0.25, 0.3) is 0 Å². The zero-order valence-electron chi connectivity index (χ0n) is 12.8. The summed E-state index contributed by atoms with van der Waals surface area (Å²) in [6.07, 6.45) is 5.78. The summed E-state index contributed by atoms with van der Waals surface area (Å²) in [6, 6.07) is -0.00218. The van der Waals surface area contributed by atoms with Crippen LogP contribution in [0.3, 0.4) is 0 Å². The minimum atomic E-state index is -3.44. The Balaban J connectivity index is 2.77.